The van der Waals surface area contributed by atoms with E-state index < -0.39 is 12.1 Å². The average Bonchev–Trinajstić information content (AvgIpc) is 1.98. The molecule has 0 bridgehead atoms. The van der Waals surface area contributed by atoms with Crippen molar-refractivity contribution in [2.75, 3.05) is 13.2 Å². The quantitative estimate of drug-likeness (QED) is 0.627. The number of nitrogens with zero attached hydrogens (tertiary/aromatic N) is 1. The molecule has 1 unspecified atom stereocenters. The number of rotatable bonds is 4. The van der Waals surface area contributed by atoms with Crippen LogP contribution in [0.2, 0.25) is 0 Å². The van der Waals surface area contributed by atoms with Gasteiger partial charge in [0.05, 0.1) is 19.2 Å². The molecule has 0 radical (unpaired) electrons. The molecule has 2 N–H and O–H groups in total. The van der Waals surface area contributed by atoms with E-state index in [4.69, 9.17) is 10.2 Å². The van der Waals surface area contributed by atoms with Gasteiger partial charge >= 0.3 is 6.09 Å². The number of carbonyl (C=O) groups is 2. The van der Waals surface area contributed by atoms with Crippen LogP contribution in [-0.4, -0.2) is 46.2 Å². The predicted molar refractivity (Wildman–Crippen MR) is 42.0 cm³/mol. The van der Waals surface area contributed by atoms with Gasteiger partial charge in [-0.1, -0.05) is 0 Å². The molecule has 1 amide bonds. The third kappa shape index (κ3) is 3.34. The lowest BCUT2D eigenvalue weighted by atomic mass is 10.3. The maximum atomic E-state index is 10.6. The summed E-state index contributed by atoms with van der Waals surface area (Å²) < 4.78 is 0. The lowest BCUT2D eigenvalue weighted by Gasteiger charge is -2.23. The number of aliphatic hydroxyl groups excluding tert-OH is 1. The molecule has 0 aliphatic rings. The SMILES string of the molecule is CC(=O)CN(C(=O)O)C(C)CO. The van der Waals surface area contributed by atoms with Crippen molar-refractivity contribution >= 4 is 11.9 Å². The average molecular weight is 175 g/mol. The molecule has 70 valence electrons. The molecule has 0 rings (SSSR count). The molecule has 0 aromatic heterocycles. The summed E-state index contributed by atoms with van der Waals surface area (Å²) in [6.45, 7) is 2.40. The van der Waals surface area contributed by atoms with Crippen molar-refractivity contribution in [1.29, 1.82) is 0 Å². The predicted octanol–water partition coefficient (Wildman–Crippen LogP) is -0.0638. The van der Waals surface area contributed by atoms with E-state index in [0.29, 0.717) is 0 Å². The fourth-order valence-corrected chi connectivity index (χ4v) is 0.750. The Morgan fingerprint density at radius 3 is 2.25 bits per heavy atom. The van der Waals surface area contributed by atoms with Crippen LogP contribution in [0.1, 0.15) is 13.8 Å². The Bertz CT molecular complexity index is 180. The Hall–Kier alpha value is -1.10. The second kappa shape index (κ2) is 4.71. The molecular formula is C7H13NO4. The van der Waals surface area contributed by atoms with Crippen LogP contribution in [0.4, 0.5) is 4.79 Å². The topological polar surface area (TPSA) is 77.8 Å². The number of hydrogen-bond acceptors (Lipinski definition) is 3. The molecule has 0 heterocycles. The monoisotopic (exact) mass is 175 g/mol. The van der Waals surface area contributed by atoms with Crippen molar-refractivity contribution in [3.8, 4) is 0 Å². The summed E-state index contributed by atoms with van der Waals surface area (Å²) in [6.07, 6.45) is -1.19. The number of Topliss-reactive ketones (excluding diaryl/α,β-unsaturated/α-hetero) is 1. The van der Waals surface area contributed by atoms with E-state index in [9.17, 15) is 9.59 Å². The minimum absolute atomic E-state index is 0.170. The van der Waals surface area contributed by atoms with Crippen LogP contribution in [0.25, 0.3) is 0 Å². The van der Waals surface area contributed by atoms with Crippen LogP contribution < -0.4 is 0 Å². The number of carboxylic acid groups (broad SMARTS) is 1. The summed E-state index contributed by atoms with van der Waals surface area (Å²) in [5, 5.41) is 17.2. The van der Waals surface area contributed by atoms with Gasteiger partial charge in [-0.2, -0.15) is 0 Å². The van der Waals surface area contributed by atoms with Crippen LogP contribution in [0, 0.1) is 0 Å². The first kappa shape index (κ1) is 10.9. The van der Waals surface area contributed by atoms with E-state index in [0.717, 1.165) is 4.90 Å². The molecular weight excluding hydrogens is 162 g/mol. The molecule has 0 saturated carbocycles. The van der Waals surface area contributed by atoms with Gasteiger partial charge in [-0.25, -0.2) is 4.79 Å². The van der Waals surface area contributed by atoms with Gasteiger partial charge in [0, 0.05) is 0 Å². The number of ketones is 1. The molecule has 0 aliphatic carbocycles. The molecule has 0 aromatic carbocycles. The Morgan fingerprint density at radius 2 is 2.00 bits per heavy atom. The van der Waals surface area contributed by atoms with E-state index >= 15 is 0 Å². The number of carbonyl (C=O) groups excluding carboxylic acids is 1. The third-order valence-corrected chi connectivity index (χ3v) is 1.43. The van der Waals surface area contributed by atoms with Crippen molar-refractivity contribution in [1.82, 2.24) is 4.90 Å². The molecule has 0 spiro atoms. The third-order valence-electron chi connectivity index (χ3n) is 1.43. The standard InChI is InChI=1S/C7H13NO4/c1-5(4-9)8(7(11)12)3-6(2)10/h5,9H,3-4H2,1-2H3,(H,11,12). The van der Waals surface area contributed by atoms with E-state index in [1.165, 1.54) is 13.8 Å². The number of aliphatic hydroxyl groups is 1. The summed E-state index contributed by atoms with van der Waals surface area (Å²) in [7, 11) is 0. The molecule has 0 fully saturated rings. The second-order valence-corrected chi connectivity index (χ2v) is 2.64. The smallest absolute Gasteiger partial charge is 0.408 e. The first-order valence-electron chi connectivity index (χ1n) is 3.59. The normalized spacial score (nSPS) is 12.2. The molecule has 1 atom stereocenters. The molecule has 0 aliphatic heterocycles. The summed E-state index contributed by atoms with van der Waals surface area (Å²) in [5.41, 5.74) is 0. The van der Waals surface area contributed by atoms with Gasteiger partial charge in [0.2, 0.25) is 0 Å². The van der Waals surface area contributed by atoms with E-state index in [1.54, 1.807) is 0 Å². The second-order valence-electron chi connectivity index (χ2n) is 2.64. The minimum Gasteiger partial charge on any atom is -0.465 e. The largest absolute Gasteiger partial charge is 0.465 e. The van der Waals surface area contributed by atoms with Crippen LogP contribution in [0.15, 0.2) is 0 Å². The zero-order valence-electron chi connectivity index (χ0n) is 7.15. The van der Waals surface area contributed by atoms with Gasteiger partial charge in [0.15, 0.2) is 0 Å². The highest BCUT2D eigenvalue weighted by Gasteiger charge is 2.19. The van der Waals surface area contributed by atoms with Gasteiger partial charge in [0.1, 0.15) is 5.78 Å². The fourth-order valence-electron chi connectivity index (χ4n) is 0.750. The van der Waals surface area contributed by atoms with Crippen LogP contribution >= 0.6 is 0 Å². The lowest BCUT2D eigenvalue weighted by molar-refractivity contribution is -0.118. The first-order chi connectivity index (χ1) is 5.49. The summed E-state index contributed by atoms with van der Waals surface area (Å²) in [5.74, 6) is -0.238. The number of hydrogen-bond donors (Lipinski definition) is 2. The van der Waals surface area contributed by atoms with Crippen molar-refractivity contribution in [3.05, 3.63) is 0 Å². The highest BCUT2D eigenvalue weighted by Crippen LogP contribution is 1.98. The summed E-state index contributed by atoms with van der Waals surface area (Å²) in [6, 6.07) is -0.536. The molecule has 12 heavy (non-hydrogen) atoms. The van der Waals surface area contributed by atoms with Gasteiger partial charge < -0.3 is 10.2 Å². The van der Waals surface area contributed by atoms with Crippen LogP contribution in [-0.2, 0) is 4.79 Å². The Morgan fingerprint density at radius 1 is 1.50 bits per heavy atom. The van der Waals surface area contributed by atoms with Gasteiger partial charge in [-0.3, -0.25) is 9.69 Å². The van der Waals surface area contributed by atoms with E-state index in [-0.39, 0.29) is 18.9 Å². The highest BCUT2D eigenvalue weighted by atomic mass is 16.4. The van der Waals surface area contributed by atoms with Crippen molar-refractivity contribution in [3.63, 3.8) is 0 Å². The van der Waals surface area contributed by atoms with E-state index in [1.807, 2.05) is 0 Å². The fraction of sp³-hybridized carbons (Fsp3) is 0.714. The van der Waals surface area contributed by atoms with Gasteiger partial charge in [0.25, 0.3) is 0 Å². The summed E-state index contributed by atoms with van der Waals surface area (Å²) >= 11 is 0. The summed E-state index contributed by atoms with van der Waals surface area (Å²) in [4.78, 5) is 22.0. The van der Waals surface area contributed by atoms with Gasteiger partial charge in [-0.15, -0.1) is 0 Å². The number of amides is 1. The Labute approximate surface area is 70.6 Å². The maximum absolute atomic E-state index is 10.6. The van der Waals surface area contributed by atoms with Crippen molar-refractivity contribution in [2.24, 2.45) is 0 Å². The maximum Gasteiger partial charge on any atom is 0.408 e. The molecule has 0 saturated heterocycles. The minimum atomic E-state index is -1.19. The van der Waals surface area contributed by atoms with Crippen LogP contribution in [0.3, 0.4) is 0 Å². The van der Waals surface area contributed by atoms with Crippen LogP contribution in [0.5, 0.6) is 0 Å². The Balaban J connectivity index is 4.22. The first-order valence-corrected chi connectivity index (χ1v) is 3.59. The van der Waals surface area contributed by atoms with E-state index in [2.05, 4.69) is 0 Å². The zero-order valence-corrected chi connectivity index (χ0v) is 7.15. The zero-order chi connectivity index (χ0) is 9.72. The highest BCUT2D eigenvalue weighted by molar-refractivity contribution is 5.81. The van der Waals surface area contributed by atoms with Crippen molar-refractivity contribution < 1.29 is 19.8 Å². The molecule has 5 nitrogen and oxygen atoms in total. The molecule has 0 aromatic rings. The molecule has 5 heteroatoms. The van der Waals surface area contributed by atoms with Crippen molar-refractivity contribution in [2.45, 2.75) is 19.9 Å². The van der Waals surface area contributed by atoms with Gasteiger partial charge in [-0.05, 0) is 13.8 Å². The Kier molecular flexibility index (Phi) is 4.28. The lowest BCUT2D eigenvalue weighted by Crippen LogP contribution is -2.42.